The van der Waals surface area contributed by atoms with Crippen LogP contribution in [0.5, 0.6) is 0 Å². The van der Waals surface area contributed by atoms with Gasteiger partial charge in [-0.3, -0.25) is 14.0 Å². The number of benzene rings is 1. The lowest BCUT2D eigenvalue weighted by Crippen LogP contribution is -2.33. The van der Waals surface area contributed by atoms with Crippen LogP contribution >= 0.6 is 0 Å². The number of nitrogens with zero attached hydrogens (tertiary/aromatic N) is 4. The molecule has 0 atom stereocenters. The first-order chi connectivity index (χ1) is 15.8. The molecular weight excluding hydrogens is 427 g/mol. The van der Waals surface area contributed by atoms with Gasteiger partial charge in [0.25, 0.3) is 11.5 Å². The molecule has 3 aromatic heterocycles. The van der Waals surface area contributed by atoms with Gasteiger partial charge in [-0.1, -0.05) is 6.07 Å². The number of esters is 1. The van der Waals surface area contributed by atoms with Crippen molar-refractivity contribution < 1.29 is 18.7 Å². The third-order valence-electron chi connectivity index (χ3n) is 5.05. The molecule has 0 saturated carbocycles. The number of fused-ring (bicyclic) bond motifs is 2. The molecular formula is C24H21FN4O4. The molecule has 1 aromatic carbocycles. The van der Waals surface area contributed by atoms with Crippen LogP contribution in [0.2, 0.25) is 0 Å². The van der Waals surface area contributed by atoms with Crippen LogP contribution < -0.4 is 11.0 Å². The van der Waals surface area contributed by atoms with Crippen LogP contribution in [0.4, 0.5) is 4.39 Å². The van der Waals surface area contributed by atoms with E-state index in [0.717, 1.165) is 12.1 Å². The van der Waals surface area contributed by atoms with E-state index in [0.29, 0.717) is 5.65 Å². The molecule has 168 valence electrons. The molecule has 0 bridgehead atoms. The lowest BCUT2D eigenvalue weighted by Gasteiger charge is -2.17. The van der Waals surface area contributed by atoms with Gasteiger partial charge < -0.3 is 9.30 Å². The lowest BCUT2D eigenvalue weighted by atomic mass is 10.1. The maximum atomic E-state index is 13.3. The summed E-state index contributed by atoms with van der Waals surface area (Å²) in [4.78, 5) is 47.8. The monoisotopic (exact) mass is 448 g/mol. The largest absolute Gasteiger partial charge is 0.462 e. The first kappa shape index (κ1) is 22.1. The molecule has 0 N–H and O–H groups in total. The predicted molar refractivity (Wildman–Crippen MR) is 120 cm³/mol. The summed E-state index contributed by atoms with van der Waals surface area (Å²) >= 11 is 0. The zero-order chi connectivity index (χ0) is 23.7. The molecule has 33 heavy (non-hydrogen) atoms. The third kappa shape index (κ3) is 4.05. The number of pyridine rings is 2. The highest BCUT2D eigenvalue weighted by Crippen LogP contribution is 2.15. The Labute approximate surface area is 187 Å². The average molecular weight is 448 g/mol. The first-order valence-electron chi connectivity index (χ1n) is 10.4. The summed E-state index contributed by atoms with van der Waals surface area (Å²) in [5, 5.41) is 0.184. The Hall–Kier alpha value is -4.14. The second-order valence-electron chi connectivity index (χ2n) is 7.57. The van der Waals surface area contributed by atoms with E-state index in [4.69, 9.17) is 4.74 Å². The number of carbonyl (C=O) groups excluding carboxylic acids is 2. The zero-order valence-corrected chi connectivity index (χ0v) is 18.3. The highest BCUT2D eigenvalue weighted by molar-refractivity contribution is 5.97. The molecule has 0 saturated heterocycles. The SMILES string of the molecule is CCOC(=O)c1cc2c(=O)n3ccccc3nc2n(C(C)C)c1=NC(=O)c1ccc(F)cc1. The summed E-state index contributed by atoms with van der Waals surface area (Å²) in [5.41, 5.74) is 0.435. The highest BCUT2D eigenvalue weighted by atomic mass is 19.1. The molecule has 1 amide bonds. The standard InChI is InChI=1S/C24H21FN4O4/c1-4-33-24(32)18-13-17-20(26-19-7-5-6-12-28(19)23(17)31)29(14(2)3)21(18)27-22(30)15-8-10-16(25)11-9-15/h5-14H,4H2,1-3H3. The van der Waals surface area contributed by atoms with E-state index >= 15 is 0 Å². The van der Waals surface area contributed by atoms with E-state index < -0.39 is 17.7 Å². The molecule has 4 rings (SSSR count). The lowest BCUT2D eigenvalue weighted by molar-refractivity contribution is 0.0523. The van der Waals surface area contributed by atoms with Crippen LogP contribution in [0.15, 0.2) is 64.5 Å². The summed E-state index contributed by atoms with van der Waals surface area (Å²) < 4.78 is 21.4. The second-order valence-corrected chi connectivity index (χ2v) is 7.57. The summed E-state index contributed by atoms with van der Waals surface area (Å²) in [6.45, 7) is 5.40. The van der Waals surface area contributed by atoms with E-state index in [2.05, 4.69) is 9.98 Å². The van der Waals surface area contributed by atoms with Gasteiger partial charge in [0, 0.05) is 17.8 Å². The number of halogens is 1. The normalized spacial score (nSPS) is 12.0. The minimum absolute atomic E-state index is 0.0115. The molecule has 0 fully saturated rings. The van der Waals surface area contributed by atoms with E-state index in [1.807, 2.05) is 13.8 Å². The summed E-state index contributed by atoms with van der Waals surface area (Å²) in [6.07, 6.45) is 1.59. The van der Waals surface area contributed by atoms with Crippen molar-refractivity contribution >= 4 is 28.6 Å². The third-order valence-corrected chi connectivity index (χ3v) is 5.05. The van der Waals surface area contributed by atoms with Gasteiger partial charge in [-0.25, -0.2) is 14.2 Å². The van der Waals surface area contributed by atoms with Crippen LogP contribution in [0.1, 0.15) is 47.5 Å². The maximum Gasteiger partial charge on any atom is 0.341 e. The molecule has 0 unspecified atom stereocenters. The average Bonchev–Trinajstić information content (AvgIpc) is 2.79. The summed E-state index contributed by atoms with van der Waals surface area (Å²) in [5.74, 6) is -1.89. The zero-order valence-electron chi connectivity index (χ0n) is 18.3. The Balaban J connectivity index is 2.13. The van der Waals surface area contributed by atoms with Crippen molar-refractivity contribution in [2.45, 2.75) is 26.8 Å². The molecule has 0 aliphatic heterocycles. The Morgan fingerprint density at radius 2 is 1.88 bits per heavy atom. The van der Waals surface area contributed by atoms with Crippen molar-refractivity contribution in [3.8, 4) is 0 Å². The number of ether oxygens (including phenoxy) is 1. The maximum absolute atomic E-state index is 13.3. The van der Waals surface area contributed by atoms with Crippen LogP contribution in [0.3, 0.4) is 0 Å². The Morgan fingerprint density at radius 1 is 1.15 bits per heavy atom. The Kier molecular flexibility index (Phi) is 5.87. The van der Waals surface area contributed by atoms with Crippen molar-refractivity contribution in [2.75, 3.05) is 6.61 Å². The fourth-order valence-corrected chi connectivity index (χ4v) is 3.56. The molecule has 4 aromatic rings. The van der Waals surface area contributed by atoms with E-state index in [-0.39, 0.29) is 45.9 Å². The molecule has 0 radical (unpaired) electrons. The van der Waals surface area contributed by atoms with Crippen molar-refractivity contribution in [1.82, 2.24) is 14.0 Å². The van der Waals surface area contributed by atoms with Gasteiger partial charge in [0.15, 0.2) is 5.49 Å². The summed E-state index contributed by atoms with van der Waals surface area (Å²) in [6, 6.07) is 11.1. The predicted octanol–water partition coefficient (Wildman–Crippen LogP) is 3.29. The van der Waals surface area contributed by atoms with Crippen LogP contribution in [-0.4, -0.2) is 32.4 Å². The molecule has 8 nitrogen and oxygen atoms in total. The molecule has 0 aliphatic rings. The second kappa shape index (κ2) is 8.78. The van der Waals surface area contributed by atoms with Crippen molar-refractivity contribution in [1.29, 1.82) is 0 Å². The number of rotatable bonds is 4. The van der Waals surface area contributed by atoms with E-state index in [9.17, 15) is 18.8 Å². The number of aromatic nitrogens is 3. The van der Waals surface area contributed by atoms with Gasteiger partial charge in [0.05, 0.1) is 12.0 Å². The fourth-order valence-electron chi connectivity index (χ4n) is 3.56. The molecule has 0 spiro atoms. The van der Waals surface area contributed by atoms with E-state index in [1.54, 1.807) is 35.9 Å². The highest BCUT2D eigenvalue weighted by Gasteiger charge is 2.21. The van der Waals surface area contributed by atoms with Gasteiger partial charge in [-0.15, -0.1) is 0 Å². The number of amides is 1. The van der Waals surface area contributed by atoms with Crippen LogP contribution in [0, 0.1) is 5.82 Å². The molecule has 0 aliphatic carbocycles. The minimum atomic E-state index is -0.725. The van der Waals surface area contributed by atoms with Gasteiger partial charge in [-0.05, 0) is 63.2 Å². The smallest absolute Gasteiger partial charge is 0.341 e. The number of hydrogen-bond acceptors (Lipinski definition) is 5. The number of hydrogen-bond donors (Lipinski definition) is 0. The Morgan fingerprint density at radius 3 is 2.55 bits per heavy atom. The van der Waals surface area contributed by atoms with Gasteiger partial charge in [0.1, 0.15) is 22.7 Å². The van der Waals surface area contributed by atoms with Crippen LogP contribution in [0.25, 0.3) is 16.7 Å². The molecule has 9 heteroatoms. The number of carbonyl (C=O) groups is 2. The van der Waals surface area contributed by atoms with Crippen molar-refractivity contribution in [2.24, 2.45) is 4.99 Å². The van der Waals surface area contributed by atoms with E-state index in [1.165, 1.54) is 22.6 Å². The fraction of sp³-hybridized carbons (Fsp3) is 0.208. The van der Waals surface area contributed by atoms with Crippen LogP contribution in [-0.2, 0) is 4.74 Å². The Bertz CT molecular complexity index is 1520. The van der Waals surface area contributed by atoms with Gasteiger partial charge in [0.2, 0.25) is 0 Å². The van der Waals surface area contributed by atoms with Crippen molar-refractivity contribution in [3.05, 3.63) is 87.5 Å². The van der Waals surface area contributed by atoms with Gasteiger partial charge in [-0.2, -0.15) is 4.99 Å². The topological polar surface area (TPSA) is 95.0 Å². The minimum Gasteiger partial charge on any atom is -0.462 e. The van der Waals surface area contributed by atoms with Crippen molar-refractivity contribution in [3.63, 3.8) is 0 Å². The van der Waals surface area contributed by atoms with Gasteiger partial charge >= 0.3 is 5.97 Å². The summed E-state index contributed by atoms with van der Waals surface area (Å²) in [7, 11) is 0. The molecule has 3 heterocycles. The first-order valence-corrected chi connectivity index (χ1v) is 10.4. The quantitative estimate of drug-likeness (QED) is 0.353.